The molecule has 6 nitrogen and oxygen atoms in total. The average molecular weight is 267 g/mol. The Morgan fingerprint density at radius 1 is 1.21 bits per heavy atom. The number of benzene rings is 1. The lowest BCUT2D eigenvalue weighted by molar-refractivity contribution is 0.0506. The Hall–Kier alpha value is -2.24. The minimum Gasteiger partial charge on any atom is -0.495 e. The van der Waals surface area contributed by atoms with Crippen molar-refractivity contribution in [1.82, 2.24) is 0 Å². The molecule has 0 aromatic heterocycles. The third kappa shape index (κ3) is 3.37. The molecule has 104 valence electrons. The fraction of sp³-hybridized carbons (Fsp3) is 0.385. The van der Waals surface area contributed by atoms with Crippen molar-refractivity contribution in [2.45, 2.75) is 13.3 Å². The van der Waals surface area contributed by atoms with Gasteiger partial charge in [0.25, 0.3) is 0 Å². The van der Waals surface area contributed by atoms with Crippen LogP contribution in [0, 0.1) is 0 Å². The molecule has 2 N–H and O–H groups in total. The number of rotatable bonds is 5. The summed E-state index contributed by atoms with van der Waals surface area (Å²) in [6.45, 7) is 2.16. The average Bonchev–Trinajstić information content (AvgIpc) is 2.44. The zero-order valence-corrected chi connectivity index (χ0v) is 11.2. The van der Waals surface area contributed by atoms with Gasteiger partial charge in [0.05, 0.1) is 37.6 Å². The summed E-state index contributed by atoms with van der Waals surface area (Å²) in [5.74, 6) is -0.947. The highest BCUT2D eigenvalue weighted by atomic mass is 16.5. The lowest BCUT2D eigenvalue weighted by atomic mass is 10.1. The molecule has 0 fully saturated rings. The Balaban J connectivity index is 3.21. The van der Waals surface area contributed by atoms with E-state index >= 15 is 0 Å². The molecule has 0 saturated carbocycles. The Morgan fingerprint density at radius 2 is 1.89 bits per heavy atom. The number of nitrogens with two attached hydrogens (primary N) is 1. The topological polar surface area (TPSA) is 87.9 Å². The van der Waals surface area contributed by atoms with Crippen LogP contribution < -0.4 is 10.5 Å². The molecule has 0 heterocycles. The maximum Gasteiger partial charge on any atom is 0.340 e. The molecule has 0 radical (unpaired) electrons. The monoisotopic (exact) mass is 267 g/mol. The Morgan fingerprint density at radius 3 is 2.42 bits per heavy atom. The smallest absolute Gasteiger partial charge is 0.340 e. The van der Waals surface area contributed by atoms with Gasteiger partial charge in [-0.2, -0.15) is 0 Å². The van der Waals surface area contributed by atoms with Crippen LogP contribution in [-0.2, 0) is 9.47 Å². The molecule has 0 aliphatic carbocycles. The maximum atomic E-state index is 11.8. The summed E-state index contributed by atoms with van der Waals surface area (Å²) >= 11 is 0. The first-order valence-electron chi connectivity index (χ1n) is 5.78. The van der Waals surface area contributed by atoms with Crippen molar-refractivity contribution in [1.29, 1.82) is 0 Å². The summed E-state index contributed by atoms with van der Waals surface area (Å²) < 4.78 is 14.6. The molecule has 19 heavy (non-hydrogen) atoms. The highest BCUT2D eigenvalue weighted by Gasteiger charge is 2.19. The van der Waals surface area contributed by atoms with Crippen molar-refractivity contribution >= 4 is 17.6 Å². The predicted octanol–water partition coefficient (Wildman–Crippen LogP) is 1.63. The van der Waals surface area contributed by atoms with Crippen LogP contribution in [0.3, 0.4) is 0 Å². The first kappa shape index (κ1) is 14.8. The van der Waals surface area contributed by atoms with Crippen molar-refractivity contribution in [3.05, 3.63) is 23.3 Å². The van der Waals surface area contributed by atoms with Gasteiger partial charge >= 0.3 is 11.9 Å². The number of carbonyl (C=O) groups excluding carboxylic acids is 2. The zero-order valence-electron chi connectivity index (χ0n) is 11.2. The largest absolute Gasteiger partial charge is 0.495 e. The van der Waals surface area contributed by atoms with E-state index in [1.807, 2.05) is 6.92 Å². The van der Waals surface area contributed by atoms with Crippen LogP contribution in [-0.4, -0.2) is 32.8 Å². The molecule has 0 spiro atoms. The first-order valence-corrected chi connectivity index (χ1v) is 5.78. The number of hydrogen-bond donors (Lipinski definition) is 1. The molecule has 0 saturated heterocycles. The lowest BCUT2D eigenvalue weighted by Gasteiger charge is -2.11. The van der Waals surface area contributed by atoms with Gasteiger partial charge in [-0.25, -0.2) is 9.59 Å². The van der Waals surface area contributed by atoms with Gasteiger partial charge in [0, 0.05) is 0 Å². The normalized spacial score (nSPS) is 9.84. The molecule has 0 amide bonds. The number of hydrogen-bond acceptors (Lipinski definition) is 6. The Kier molecular flexibility index (Phi) is 5.17. The van der Waals surface area contributed by atoms with E-state index in [0.29, 0.717) is 6.42 Å². The molecule has 0 aliphatic heterocycles. The third-order valence-electron chi connectivity index (χ3n) is 2.44. The first-order chi connectivity index (χ1) is 9.04. The summed E-state index contributed by atoms with van der Waals surface area (Å²) in [5.41, 5.74) is 6.20. The SMILES string of the molecule is CCCOC(=O)c1cc(C(=O)OC)cc(OC)c1N. The molecule has 0 aliphatic rings. The van der Waals surface area contributed by atoms with Gasteiger partial charge in [0.15, 0.2) is 0 Å². The van der Waals surface area contributed by atoms with Gasteiger partial charge in [-0.05, 0) is 18.6 Å². The molecule has 6 heteroatoms. The second kappa shape index (κ2) is 6.63. The number of ether oxygens (including phenoxy) is 3. The van der Waals surface area contributed by atoms with E-state index in [1.54, 1.807) is 0 Å². The van der Waals surface area contributed by atoms with Gasteiger partial charge in [-0.3, -0.25) is 0 Å². The van der Waals surface area contributed by atoms with Gasteiger partial charge in [0.1, 0.15) is 5.75 Å². The van der Waals surface area contributed by atoms with E-state index in [1.165, 1.54) is 26.4 Å². The second-order valence-electron chi connectivity index (χ2n) is 3.77. The summed E-state index contributed by atoms with van der Waals surface area (Å²) in [6, 6.07) is 2.75. The molecule has 1 aromatic carbocycles. The number of carbonyl (C=O) groups is 2. The van der Waals surface area contributed by atoms with Gasteiger partial charge in [-0.15, -0.1) is 0 Å². The van der Waals surface area contributed by atoms with Crippen LogP contribution in [0.2, 0.25) is 0 Å². The summed E-state index contributed by atoms with van der Waals surface area (Å²) in [7, 11) is 2.65. The van der Waals surface area contributed by atoms with Crippen LogP contribution in [0.4, 0.5) is 5.69 Å². The fourth-order valence-electron chi connectivity index (χ4n) is 1.47. The van der Waals surface area contributed by atoms with Crippen LogP contribution >= 0.6 is 0 Å². The minimum absolute atomic E-state index is 0.0909. The number of esters is 2. The fourth-order valence-corrected chi connectivity index (χ4v) is 1.47. The standard InChI is InChI=1S/C13H17NO5/c1-4-5-19-13(16)9-6-8(12(15)18-3)7-10(17-2)11(9)14/h6-7H,4-5,14H2,1-3H3. The van der Waals surface area contributed by atoms with Crippen LogP contribution in [0.5, 0.6) is 5.75 Å². The molecule has 0 unspecified atom stereocenters. The van der Waals surface area contributed by atoms with Crippen molar-refractivity contribution in [3.8, 4) is 5.75 Å². The molecule has 0 bridgehead atoms. The number of methoxy groups -OCH3 is 2. The summed E-state index contributed by atoms with van der Waals surface area (Å²) in [5, 5.41) is 0. The van der Waals surface area contributed by atoms with Crippen molar-refractivity contribution < 1.29 is 23.8 Å². The van der Waals surface area contributed by atoms with Crippen LogP contribution in [0.15, 0.2) is 12.1 Å². The third-order valence-corrected chi connectivity index (χ3v) is 2.44. The van der Waals surface area contributed by atoms with Crippen molar-refractivity contribution in [2.24, 2.45) is 0 Å². The predicted molar refractivity (Wildman–Crippen MR) is 69.3 cm³/mol. The molecular formula is C13H17NO5. The van der Waals surface area contributed by atoms with E-state index < -0.39 is 11.9 Å². The van der Waals surface area contributed by atoms with Gasteiger partial charge < -0.3 is 19.9 Å². The molecule has 1 aromatic rings. The highest BCUT2D eigenvalue weighted by molar-refractivity contribution is 6.01. The van der Waals surface area contributed by atoms with E-state index in [2.05, 4.69) is 4.74 Å². The minimum atomic E-state index is -0.594. The number of nitrogen functional groups attached to an aromatic ring is 1. The Bertz CT molecular complexity index is 484. The van der Waals surface area contributed by atoms with E-state index in [-0.39, 0.29) is 29.2 Å². The highest BCUT2D eigenvalue weighted by Crippen LogP contribution is 2.28. The molecule has 0 atom stereocenters. The maximum absolute atomic E-state index is 11.8. The summed E-state index contributed by atoms with van der Waals surface area (Å²) in [4.78, 5) is 23.4. The summed E-state index contributed by atoms with van der Waals surface area (Å²) in [6.07, 6.45) is 0.694. The second-order valence-corrected chi connectivity index (χ2v) is 3.77. The Labute approximate surface area is 111 Å². The lowest BCUT2D eigenvalue weighted by Crippen LogP contribution is -2.12. The molecule has 1 rings (SSSR count). The van der Waals surface area contributed by atoms with E-state index in [4.69, 9.17) is 15.2 Å². The van der Waals surface area contributed by atoms with Gasteiger partial charge in [0.2, 0.25) is 0 Å². The quantitative estimate of drug-likeness (QED) is 0.644. The van der Waals surface area contributed by atoms with Crippen molar-refractivity contribution in [3.63, 3.8) is 0 Å². The zero-order chi connectivity index (χ0) is 14.4. The van der Waals surface area contributed by atoms with Crippen LogP contribution in [0.25, 0.3) is 0 Å². The molecular weight excluding hydrogens is 250 g/mol. The van der Waals surface area contributed by atoms with E-state index in [9.17, 15) is 9.59 Å². The number of anilines is 1. The van der Waals surface area contributed by atoms with E-state index in [0.717, 1.165) is 0 Å². The van der Waals surface area contributed by atoms with Gasteiger partial charge in [-0.1, -0.05) is 6.92 Å². The van der Waals surface area contributed by atoms with Crippen LogP contribution in [0.1, 0.15) is 34.1 Å². The van der Waals surface area contributed by atoms with Crippen molar-refractivity contribution in [2.75, 3.05) is 26.6 Å².